The Morgan fingerprint density at radius 1 is 1.38 bits per heavy atom. The number of hydrogen-bond acceptors (Lipinski definition) is 1. The van der Waals surface area contributed by atoms with Crippen molar-refractivity contribution < 1.29 is 4.42 Å². The van der Waals surface area contributed by atoms with Crippen LogP contribution < -0.4 is 0 Å². The Labute approximate surface area is 88.6 Å². The minimum Gasteiger partial charge on any atom is -0.466 e. The smallest absolute Gasteiger partial charge is 0.104 e. The summed E-state index contributed by atoms with van der Waals surface area (Å²) in [5.41, 5.74) is 1.64. The van der Waals surface area contributed by atoms with Gasteiger partial charge in [-0.15, -0.1) is 0 Å². The molecule has 0 aromatic carbocycles. The summed E-state index contributed by atoms with van der Waals surface area (Å²) in [6.07, 6.45) is 1.07. The third-order valence-electron chi connectivity index (χ3n) is 2.17. The largest absolute Gasteiger partial charge is 0.466 e. The van der Waals surface area contributed by atoms with Crippen LogP contribution in [0, 0.1) is 19.3 Å². The maximum atomic E-state index is 5.49. The molecule has 0 fully saturated rings. The number of furan rings is 1. The minimum absolute atomic E-state index is 0.307. The number of aryl methyl sites for hydroxylation is 2. The molecule has 2 heteroatoms. The van der Waals surface area contributed by atoms with Gasteiger partial charge in [0, 0.05) is 5.33 Å². The first-order valence-electron chi connectivity index (χ1n) is 4.56. The van der Waals surface area contributed by atoms with E-state index in [4.69, 9.17) is 4.42 Å². The molecule has 1 nitrogen and oxygen atoms in total. The standard InChI is InChI=1S/C11H17BrO/c1-8-5-10(9(2)13-8)6-11(3,4)7-12/h5H,6-7H2,1-4H3. The second kappa shape index (κ2) is 3.87. The molecular weight excluding hydrogens is 228 g/mol. The molecule has 1 aromatic heterocycles. The minimum atomic E-state index is 0.307. The average molecular weight is 245 g/mol. The molecule has 1 rings (SSSR count). The van der Waals surface area contributed by atoms with E-state index in [0.29, 0.717) is 5.41 Å². The first-order chi connectivity index (χ1) is 5.94. The van der Waals surface area contributed by atoms with Gasteiger partial charge in [-0.3, -0.25) is 0 Å². The zero-order valence-corrected chi connectivity index (χ0v) is 10.4. The fourth-order valence-corrected chi connectivity index (χ4v) is 1.62. The lowest BCUT2D eigenvalue weighted by Gasteiger charge is -2.20. The van der Waals surface area contributed by atoms with E-state index in [1.54, 1.807) is 0 Å². The van der Waals surface area contributed by atoms with E-state index in [1.165, 1.54) is 5.56 Å². The monoisotopic (exact) mass is 244 g/mol. The van der Waals surface area contributed by atoms with Crippen molar-refractivity contribution in [2.45, 2.75) is 34.1 Å². The van der Waals surface area contributed by atoms with Crippen LogP contribution >= 0.6 is 15.9 Å². The van der Waals surface area contributed by atoms with Crippen molar-refractivity contribution in [2.24, 2.45) is 5.41 Å². The molecule has 13 heavy (non-hydrogen) atoms. The second-order valence-corrected chi connectivity index (χ2v) is 4.97. The Kier molecular flexibility index (Phi) is 3.23. The van der Waals surface area contributed by atoms with Gasteiger partial charge in [-0.05, 0) is 37.3 Å². The van der Waals surface area contributed by atoms with Crippen LogP contribution in [0.3, 0.4) is 0 Å². The molecule has 0 saturated carbocycles. The number of alkyl halides is 1. The summed E-state index contributed by atoms with van der Waals surface area (Å²) in [7, 11) is 0. The molecule has 0 spiro atoms. The molecule has 0 atom stereocenters. The van der Waals surface area contributed by atoms with Crippen LogP contribution in [0.25, 0.3) is 0 Å². The van der Waals surface area contributed by atoms with Crippen molar-refractivity contribution in [1.29, 1.82) is 0 Å². The average Bonchev–Trinajstić information content (AvgIpc) is 2.30. The third kappa shape index (κ3) is 2.87. The summed E-state index contributed by atoms with van der Waals surface area (Å²) in [6.45, 7) is 8.54. The summed E-state index contributed by atoms with van der Waals surface area (Å²) in [5.74, 6) is 2.07. The Hall–Kier alpha value is -0.240. The maximum Gasteiger partial charge on any atom is 0.104 e. The zero-order valence-electron chi connectivity index (χ0n) is 8.78. The molecule has 74 valence electrons. The second-order valence-electron chi connectivity index (χ2n) is 4.41. The van der Waals surface area contributed by atoms with E-state index in [2.05, 4.69) is 35.8 Å². The Bertz CT molecular complexity index is 286. The topological polar surface area (TPSA) is 13.1 Å². The quantitative estimate of drug-likeness (QED) is 0.737. The molecule has 0 aliphatic rings. The molecule has 1 heterocycles. The van der Waals surface area contributed by atoms with Crippen molar-refractivity contribution in [2.75, 3.05) is 5.33 Å². The lowest BCUT2D eigenvalue weighted by molar-refractivity contribution is 0.417. The van der Waals surface area contributed by atoms with Crippen LogP contribution in [0.4, 0.5) is 0 Å². The van der Waals surface area contributed by atoms with Crippen molar-refractivity contribution in [3.63, 3.8) is 0 Å². The van der Waals surface area contributed by atoms with Gasteiger partial charge in [-0.2, -0.15) is 0 Å². The predicted molar refractivity (Wildman–Crippen MR) is 59.5 cm³/mol. The Morgan fingerprint density at radius 3 is 2.38 bits per heavy atom. The van der Waals surface area contributed by atoms with Gasteiger partial charge in [0.05, 0.1) is 0 Å². The fourth-order valence-electron chi connectivity index (χ4n) is 1.42. The highest BCUT2D eigenvalue weighted by molar-refractivity contribution is 9.09. The van der Waals surface area contributed by atoms with Crippen molar-refractivity contribution in [3.05, 3.63) is 23.2 Å². The molecule has 0 aliphatic heterocycles. The highest BCUT2D eigenvalue weighted by atomic mass is 79.9. The first-order valence-corrected chi connectivity index (χ1v) is 5.68. The molecule has 0 saturated heterocycles. The maximum absolute atomic E-state index is 5.49. The highest BCUT2D eigenvalue weighted by Crippen LogP contribution is 2.27. The van der Waals surface area contributed by atoms with Crippen LogP contribution in [-0.2, 0) is 6.42 Å². The summed E-state index contributed by atoms with van der Waals surface area (Å²) in [5, 5.41) is 1.02. The van der Waals surface area contributed by atoms with E-state index >= 15 is 0 Å². The van der Waals surface area contributed by atoms with Gasteiger partial charge in [-0.25, -0.2) is 0 Å². The van der Waals surface area contributed by atoms with Gasteiger partial charge in [-0.1, -0.05) is 29.8 Å². The number of rotatable bonds is 3. The molecule has 0 aliphatic carbocycles. The summed E-state index contributed by atoms with van der Waals surface area (Å²) >= 11 is 3.53. The van der Waals surface area contributed by atoms with Gasteiger partial charge in [0.15, 0.2) is 0 Å². The van der Waals surface area contributed by atoms with Gasteiger partial charge >= 0.3 is 0 Å². The van der Waals surface area contributed by atoms with Gasteiger partial charge in [0.1, 0.15) is 11.5 Å². The molecular formula is C11H17BrO. The normalized spacial score (nSPS) is 12.1. The highest BCUT2D eigenvalue weighted by Gasteiger charge is 2.19. The zero-order chi connectivity index (χ0) is 10.1. The summed E-state index contributed by atoms with van der Waals surface area (Å²) < 4.78 is 5.49. The van der Waals surface area contributed by atoms with Crippen LogP contribution in [0.15, 0.2) is 10.5 Å². The van der Waals surface area contributed by atoms with E-state index < -0.39 is 0 Å². The van der Waals surface area contributed by atoms with Gasteiger partial charge < -0.3 is 4.42 Å². The summed E-state index contributed by atoms with van der Waals surface area (Å²) in [6, 6.07) is 2.14. The number of halogens is 1. The van der Waals surface area contributed by atoms with Crippen LogP contribution in [0.5, 0.6) is 0 Å². The summed E-state index contributed by atoms with van der Waals surface area (Å²) in [4.78, 5) is 0. The molecule has 0 unspecified atom stereocenters. The van der Waals surface area contributed by atoms with Crippen LogP contribution in [0.1, 0.15) is 30.9 Å². The third-order valence-corrected chi connectivity index (χ3v) is 3.69. The number of hydrogen-bond donors (Lipinski definition) is 0. The van der Waals surface area contributed by atoms with Gasteiger partial charge in [0.2, 0.25) is 0 Å². The molecule has 0 bridgehead atoms. The molecule has 0 N–H and O–H groups in total. The molecule has 1 aromatic rings. The van der Waals surface area contributed by atoms with Gasteiger partial charge in [0.25, 0.3) is 0 Å². The van der Waals surface area contributed by atoms with Crippen molar-refractivity contribution in [3.8, 4) is 0 Å². The van der Waals surface area contributed by atoms with E-state index in [0.717, 1.165) is 23.3 Å². The van der Waals surface area contributed by atoms with E-state index in [-0.39, 0.29) is 0 Å². The van der Waals surface area contributed by atoms with Crippen molar-refractivity contribution in [1.82, 2.24) is 0 Å². The fraction of sp³-hybridized carbons (Fsp3) is 0.636. The molecule has 0 amide bonds. The lowest BCUT2D eigenvalue weighted by Crippen LogP contribution is -2.16. The van der Waals surface area contributed by atoms with E-state index in [9.17, 15) is 0 Å². The lowest BCUT2D eigenvalue weighted by atomic mass is 9.88. The SMILES string of the molecule is Cc1cc(CC(C)(C)CBr)c(C)o1. The Morgan fingerprint density at radius 2 is 2.00 bits per heavy atom. The van der Waals surface area contributed by atoms with Crippen molar-refractivity contribution >= 4 is 15.9 Å². The predicted octanol–water partition coefficient (Wildman–Crippen LogP) is 3.86. The van der Waals surface area contributed by atoms with Crippen LogP contribution in [-0.4, -0.2) is 5.33 Å². The molecule has 0 radical (unpaired) electrons. The van der Waals surface area contributed by atoms with Crippen LogP contribution in [0.2, 0.25) is 0 Å². The van der Waals surface area contributed by atoms with E-state index in [1.807, 2.05) is 13.8 Å². The Balaban J connectivity index is 2.79. The first kappa shape index (κ1) is 10.8.